The molecule has 1 saturated carbocycles. The van der Waals surface area contributed by atoms with Crippen LogP contribution in [0.2, 0.25) is 0 Å². The molecule has 0 aromatic carbocycles. The zero-order valence-electron chi connectivity index (χ0n) is 7.60. The van der Waals surface area contributed by atoms with Gasteiger partial charge in [-0.3, -0.25) is 4.90 Å². The molecule has 0 amide bonds. The van der Waals surface area contributed by atoms with Crippen LogP contribution in [0.3, 0.4) is 0 Å². The topological polar surface area (TPSA) is 12.5 Å². The van der Waals surface area contributed by atoms with Crippen LogP contribution in [0, 0.1) is 11.8 Å². The van der Waals surface area contributed by atoms with Crippen molar-refractivity contribution in [1.82, 2.24) is 4.90 Å². The van der Waals surface area contributed by atoms with Crippen molar-refractivity contribution in [1.29, 1.82) is 0 Å². The maximum Gasteiger partial charge on any atom is 0.0651 e. The van der Waals surface area contributed by atoms with E-state index in [4.69, 9.17) is 4.74 Å². The van der Waals surface area contributed by atoms with Gasteiger partial charge in [0.25, 0.3) is 0 Å². The van der Waals surface area contributed by atoms with E-state index in [1.807, 2.05) is 6.92 Å². The summed E-state index contributed by atoms with van der Waals surface area (Å²) in [6.07, 6.45) is 2.61. The standard InChI is InChI=1S/C10H15NO/c1-2-3-6-11-7-8-12-9-10(11)4-5-10/h4-9H2,1H3. The smallest absolute Gasteiger partial charge is 0.0651 e. The predicted molar refractivity (Wildman–Crippen MR) is 47.8 cm³/mol. The van der Waals surface area contributed by atoms with E-state index in [0.29, 0.717) is 5.54 Å². The first-order valence-electron chi connectivity index (χ1n) is 4.60. The molecule has 2 aliphatic rings. The fourth-order valence-corrected chi connectivity index (χ4v) is 1.79. The van der Waals surface area contributed by atoms with Gasteiger partial charge in [0.15, 0.2) is 0 Å². The van der Waals surface area contributed by atoms with Gasteiger partial charge in [-0.05, 0) is 19.8 Å². The van der Waals surface area contributed by atoms with Crippen LogP contribution in [-0.4, -0.2) is 36.7 Å². The molecule has 0 radical (unpaired) electrons. The zero-order valence-corrected chi connectivity index (χ0v) is 7.60. The molecule has 0 atom stereocenters. The first kappa shape index (κ1) is 8.10. The molecule has 0 aromatic heterocycles. The molecule has 66 valence electrons. The van der Waals surface area contributed by atoms with E-state index in [-0.39, 0.29) is 0 Å². The third kappa shape index (κ3) is 1.35. The Morgan fingerprint density at radius 1 is 1.50 bits per heavy atom. The second-order valence-electron chi connectivity index (χ2n) is 3.63. The van der Waals surface area contributed by atoms with Gasteiger partial charge in [-0.15, -0.1) is 5.92 Å². The van der Waals surface area contributed by atoms with Crippen LogP contribution in [0.1, 0.15) is 19.8 Å². The van der Waals surface area contributed by atoms with Crippen LogP contribution in [0.15, 0.2) is 0 Å². The highest BCUT2D eigenvalue weighted by molar-refractivity contribution is 5.09. The van der Waals surface area contributed by atoms with Crippen molar-refractivity contribution in [3.8, 4) is 11.8 Å². The lowest BCUT2D eigenvalue weighted by Crippen LogP contribution is -2.47. The Morgan fingerprint density at radius 3 is 3.00 bits per heavy atom. The lowest BCUT2D eigenvalue weighted by atomic mass is 10.2. The maximum atomic E-state index is 5.47. The molecule has 2 heteroatoms. The molecular formula is C10H15NO. The van der Waals surface area contributed by atoms with Crippen molar-refractivity contribution in [3.05, 3.63) is 0 Å². The molecule has 1 aliphatic carbocycles. The fraction of sp³-hybridized carbons (Fsp3) is 0.800. The quantitative estimate of drug-likeness (QED) is 0.535. The number of ether oxygens (including phenoxy) is 1. The highest BCUT2D eigenvalue weighted by Gasteiger charge is 2.49. The molecule has 1 spiro atoms. The summed E-state index contributed by atoms with van der Waals surface area (Å²) in [4.78, 5) is 2.48. The lowest BCUT2D eigenvalue weighted by Gasteiger charge is -2.34. The van der Waals surface area contributed by atoms with Crippen molar-refractivity contribution in [2.45, 2.75) is 25.3 Å². The molecule has 2 nitrogen and oxygen atoms in total. The third-order valence-electron chi connectivity index (χ3n) is 2.82. The highest BCUT2D eigenvalue weighted by atomic mass is 16.5. The second kappa shape index (κ2) is 3.08. The molecule has 12 heavy (non-hydrogen) atoms. The molecule has 1 aliphatic heterocycles. The Hall–Kier alpha value is -0.520. The summed E-state index contributed by atoms with van der Waals surface area (Å²) in [5.41, 5.74) is 0.405. The van der Waals surface area contributed by atoms with Gasteiger partial charge in [0.05, 0.1) is 19.8 Å². The van der Waals surface area contributed by atoms with E-state index < -0.39 is 0 Å². The molecule has 1 heterocycles. The fourth-order valence-electron chi connectivity index (χ4n) is 1.79. The Kier molecular flexibility index (Phi) is 2.08. The minimum absolute atomic E-state index is 0.405. The zero-order chi connectivity index (χ0) is 8.44. The van der Waals surface area contributed by atoms with E-state index in [9.17, 15) is 0 Å². The minimum Gasteiger partial charge on any atom is -0.378 e. The van der Waals surface area contributed by atoms with Crippen molar-refractivity contribution >= 4 is 0 Å². The van der Waals surface area contributed by atoms with Crippen LogP contribution in [0.4, 0.5) is 0 Å². The van der Waals surface area contributed by atoms with Crippen molar-refractivity contribution in [3.63, 3.8) is 0 Å². The van der Waals surface area contributed by atoms with Crippen molar-refractivity contribution in [2.24, 2.45) is 0 Å². The van der Waals surface area contributed by atoms with E-state index in [0.717, 1.165) is 26.3 Å². The van der Waals surface area contributed by atoms with E-state index in [2.05, 4.69) is 16.7 Å². The van der Waals surface area contributed by atoms with Crippen LogP contribution < -0.4 is 0 Å². The molecule has 2 fully saturated rings. The van der Waals surface area contributed by atoms with Gasteiger partial charge < -0.3 is 4.74 Å². The molecule has 2 rings (SSSR count). The third-order valence-corrected chi connectivity index (χ3v) is 2.82. The van der Waals surface area contributed by atoms with Crippen LogP contribution >= 0.6 is 0 Å². The average molecular weight is 165 g/mol. The number of hydrogen-bond acceptors (Lipinski definition) is 2. The first-order chi connectivity index (χ1) is 5.87. The van der Waals surface area contributed by atoms with Gasteiger partial charge in [-0.25, -0.2) is 0 Å². The summed E-state index contributed by atoms with van der Waals surface area (Å²) in [7, 11) is 0. The maximum absolute atomic E-state index is 5.47. The average Bonchev–Trinajstić information content (AvgIpc) is 2.85. The van der Waals surface area contributed by atoms with E-state index in [1.54, 1.807) is 0 Å². The normalized spacial score (nSPS) is 26.4. The number of nitrogens with zero attached hydrogens (tertiary/aromatic N) is 1. The number of hydrogen-bond donors (Lipinski definition) is 0. The molecular weight excluding hydrogens is 150 g/mol. The molecule has 0 N–H and O–H groups in total. The Labute approximate surface area is 73.9 Å². The SMILES string of the molecule is CC#CCN1CCOCC12CC2. The van der Waals surface area contributed by atoms with Gasteiger partial charge in [0.2, 0.25) is 0 Å². The Bertz CT molecular complexity index is 222. The van der Waals surface area contributed by atoms with Crippen LogP contribution in [-0.2, 0) is 4.74 Å². The van der Waals surface area contributed by atoms with E-state index in [1.165, 1.54) is 12.8 Å². The van der Waals surface area contributed by atoms with Crippen molar-refractivity contribution < 1.29 is 4.74 Å². The van der Waals surface area contributed by atoms with Gasteiger partial charge in [-0.2, -0.15) is 0 Å². The van der Waals surface area contributed by atoms with Gasteiger partial charge in [0, 0.05) is 12.1 Å². The van der Waals surface area contributed by atoms with Gasteiger partial charge in [-0.1, -0.05) is 5.92 Å². The molecule has 0 unspecified atom stereocenters. The summed E-state index contributed by atoms with van der Waals surface area (Å²) in [6.45, 7) is 5.71. The van der Waals surface area contributed by atoms with Gasteiger partial charge in [0.1, 0.15) is 0 Å². The highest BCUT2D eigenvalue weighted by Crippen LogP contribution is 2.43. The Morgan fingerprint density at radius 2 is 2.33 bits per heavy atom. The summed E-state index contributed by atoms with van der Waals surface area (Å²) < 4.78 is 5.47. The van der Waals surface area contributed by atoms with Crippen molar-refractivity contribution in [2.75, 3.05) is 26.3 Å². The van der Waals surface area contributed by atoms with E-state index >= 15 is 0 Å². The summed E-state index contributed by atoms with van der Waals surface area (Å²) in [5, 5.41) is 0. The van der Waals surface area contributed by atoms with Gasteiger partial charge >= 0.3 is 0 Å². The Balaban J connectivity index is 1.95. The number of rotatable bonds is 1. The first-order valence-corrected chi connectivity index (χ1v) is 4.60. The predicted octanol–water partition coefficient (Wildman–Crippen LogP) is 0.875. The summed E-state index contributed by atoms with van der Waals surface area (Å²) >= 11 is 0. The molecule has 0 aromatic rings. The van der Waals surface area contributed by atoms with Crippen LogP contribution in [0.25, 0.3) is 0 Å². The monoisotopic (exact) mass is 165 g/mol. The van der Waals surface area contributed by atoms with Crippen LogP contribution in [0.5, 0.6) is 0 Å². The number of morpholine rings is 1. The summed E-state index contributed by atoms with van der Waals surface area (Å²) in [5.74, 6) is 6.08. The molecule has 0 bridgehead atoms. The minimum atomic E-state index is 0.405. The molecule has 1 saturated heterocycles. The largest absolute Gasteiger partial charge is 0.378 e. The summed E-state index contributed by atoms with van der Waals surface area (Å²) in [6, 6.07) is 0. The lowest BCUT2D eigenvalue weighted by molar-refractivity contribution is -0.0132. The second-order valence-corrected chi connectivity index (χ2v) is 3.63.